The molecule has 1 fully saturated rings. The predicted octanol–water partition coefficient (Wildman–Crippen LogP) is 2.76. The van der Waals surface area contributed by atoms with Crippen molar-refractivity contribution in [3.63, 3.8) is 0 Å². The minimum Gasteiger partial charge on any atom is -0.312 e. The average molecular weight is 252 g/mol. The Morgan fingerprint density at radius 2 is 2.29 bits per heavy atom. The second-order valence-corrected chi connectivity index (χ2v) is 7.36. The van der Waals surface area contributed by atoms with E-state index in [1.807, 2.05) is 11.3 Å². The molecule has 0 spiro atoms. The lowest BCUT2D eigenvalue weighted by molar-refractivity contribution is 0.410. The Kier molecular flexibility index (Phi) is 3.62. The Morgan fingerprint density at radius 3 is 2.82 bits per heavy atom. The molecule has 1 aromatic heterocycles. The average Bonchev–Trinajstić information content (AvgIpc) is 2.84. The van der Waals surface area contributed by atoms with Gasteiger partial charge in [-0.05, 0) is 31.7 Å². The maximum atomic E-state index is 3.71. The fourth-order valence-electron chi connectivity index (χ4n) is 2.45. The van der Waals surface area contributed by atoms with Crippen molar-refractivity contribution in [2.24, 2.45) is 0 Å². The molecule has 2 heterocycles. The molecule has 1 aliphatic rings. The highest BCUT2D eigenvalue weighted by molar-refractivity contribution is 7.10. The van der Waals surface area contributed by atoms with Crippen LogP contribution < -0.4 is 10.6 Å². The van der Waals surface area contributed by atoms with E-state index < -0.39 is 0 Å². The van der Waals surface area contributed by atoms with Gasteiger partial charge < -0.3 is 10.6 Å². The predicted molar refractivity (Wildman–Crippen MR) is 75.8 cm³/mol. The monoisotopic (exact) mass is 252 g/mol. The van der Waals surface area contributed by atoms with Gasteiger partial charge in [0, 0.05) is 35.0 Å². The van der Waals surface area contributed by atoms with Crippen molar-refractivity contribution in [3.8, 4) is 0 Å². The normalized spacial score (nSPS) is 24.1. The largest absolute Gasteiger partial charge is 0.312 e. The molecule has 1 unspecified atom stereocenters. The van der Waals surface area contributed by atoms with Gasteiger partial charge in [-0.1, -0.05) is 19.9 Å². The third-order valence-corrected chi connectivity index (χ3v) is 4.84. The second-order valence-electron chi connectivity index (χ2n) is 6.41. The highest BCUT2D eigenvalue weighted by Gasteiger charge is 2.31. The molecule has 2 rings (SSSR count). The fourth-order valence-corrected chi connectivity index (χ4v) is 3.31. The molecule has 0 bridgehead atoms. The van der Waals surface area contributed by atoms with E-state index in [2.05, 4.69) is 55.8 Å². The quantitative estimate of drug-likeness (QED) is 0.861. The summed E-state index contributed by atoms with van der Waals surface area (Å²) >= 11 is 1.86. The van der Waals surface area contributed by atoms with E-state index in [-0.39, 0.29) is 5.41 Å². The number of thiophene rings is 1. The summed E-state index contributed by atoms with van der Waals surface area (Å²) in [5.74, 6) is 0. The Bertz CT molecular complexity index is 354. The minimum atomic E-state index is 0.237. The van der Waals surface area contributed by atoms with Crippen LogP contribution in [0.5, 0.6) is 0 Å². The van der Waals surface area contributed by atoms with Crippen molar-refractivity contribution in [2.45, 2.75) is 51.1 Å². The van der Waals surface area contributed by atoms with E-state index in [0.29, 0.717) is 11.6 Å². The van der Waals surface area contributed by atoms with Crippen LogP contribution in [0.2, 0.25) is 0 Å². The van der Waals surface area contributed by atoms with Gasteiger partial charge in [-0.3, -0.25) is 0 Å². The van der Waals surface area contributed by atoms with Crippen molar-refractivity contribution in [2.75, 3.05) is 13.1 Å². The van der Waals surface area contributed by atoms with Crippen molar-refractivity contribution < 1.29 is 0 Å². The summed E-state index contributed by atoms with van der Waals surface area (Å²) in [5.41, 5.74) is 0.533. The molecule has 1 saturated heterocycles. The van der Waals surface area contributed by atoms with Crippen LogP contribution in [0, 0.1) is 0 Å². The topological polar surface area (TPSA) is 24.1 Å². The van der Waals surface area contributed by atoms with E-state index in [9.17, 15) is 0 Å². The maximum absolute atomic E-state index is 3.71. The van der Waals surface area contributed by atoms with E-state index in [1.165, 1.54) is 11.3 Å². The SMILES string of the molecule is CC1(C)CC(NCC(C)(C)c2cccs2)CN1. The Labute approximate surface area is 109 Å². The lowest BCUT2D eigenvalue weighted by Gasteiger charge is -2.26. The third kappa shape index (κ3) is 3.30. The molecule has 1 aliphatic heterocycles. The van der Waals surface area contributed by atoms with Crippen LogP contribution in [0.3, 0.4) is 0 Å². The molecule has 1 atom stereocenters. The van der Waals surface area contributed by atoms with Crippen molar-refractivity contribution in [3.05, 3.63) is 22.4 Å². The highest BCUT2D eigenvalue weighted by Crippen LogP contribution is 2.27. The van der Waals surface area contributed by atoms with E-state index >= 15 is 0 Å². The van der Waals surface area contributed by atoms with Crippen LogP contribution in [0.25, 0.3) is 0 Å². The van der Waals surface area contributed by atoms with Gasteiger partial charge >= 0.3 is 0 Å². The first-order chi connectivity index (χ1) is 7.89. The van der Waals surface area contributed by atoms with Crippen molar-refractivity contribution in [1.29, 1.82) is 0 Å². The summed E-state index contributed by atoms with van der Waals surface area (Å²) in [5, 5.41) is 9.43. The van der Waals surface area contributed by atoms with Gasteiger partial charge in [0.15, 0.2) is 0 Å². The van der Waals surface area contributed by atoms with Gasteiger partial charge in [-0.15, -0.1) is 11.3 Å². The summed E-state index contributed by atoms with van der Waals surface area (Å²) in [6.45, 7) is 11.3. The van der Waals surface area contributed by atoms with Crippen LogP contribution in [-0.4, -0.2) is 24.7 Å². The van der Waals surface area contributed by atoms with Gasteiger partial charge in [0.1, 0.15) is 0 Å². The van der Waals surface area contributed by atoms with Crippen molar-refractivity contribution in [1.82, 2.24) is 10.6 Å². The first kappa shape index (κ1) is 13.1. The standard InChI is InChI=1S/C14H24N2S/c1-13(2,12-6-5-7-17-12)10-15-11-8-14(3,4)16-9-11/h5-7,11,15-16H,8-10H2,1-4H3. The number of hydrogen-bond donors (Lipinski definition) is 2. The third-order valence-electron chi connectivity index (χ3n) is 3.60. The summed E-state index contributed by atoms with van der Waals surface area (Å²) in [6.07, 6.45) is 1.22. The Balaban J connectivity index is 1.86. The molecule has 17 heavy (non-hydrogen) atoms. The smallest absolute Gasteiger partial charge is 0.0210 e. The molecule has 3 heteroatoms. The zero-order valence-electron chi connectivity index (χ0n) is 11.3. The second kappa shape index (κ2) is 4.71. The highest BCUT2D eigenvalue weighted by atomic mass is 32.1. The van der Waals surface area contributed by atoms with E-state index in [4.69, 9.17) is 0 Å². The molecule has 0 aliphatic carbocycles. The maximum Gasteiger partial charge on any atom is 0.0210 e. The minimum absolute atomic E-state index is 0.237. The molecular formula is C14H24N2S. The van der Waals surface area contributed by atoms with E-state index in [1.54, 1.807) is 0 Å². The summed E-state index contributed by atoms with van der Waals surface area (Å²) in [7, 11) is 0. The van der Waals surface area contributed by atoms with Gasteiger partial charge in [0.25, 0.3) is 0 Å². The summed E-state index contributed by atoms with van der Waals surface area (Å²) < 4.78 is 0. The molecule has 0 saturated carbocycles. The van der Waals surface area contributed by atoms with Gasteiger partial charge in [0.2, 0.25) is 0 Å². The molecule has 2 nitrogen and oxygen atoms in total. The van der Waals surface area contributed by atoms with Crippen molar-refractivity contribution >= 4 is 11.3 Å². The van der Waals surface area contributed by atoms with Crippen LogP contribution in [0.1, 0.15) is 39.0 Å². The Hall–Kier alpha value is -0.380. The number of rotatable bonds is 4. The Morgan fingerprint density at radius 1 is 1.53 bits per heavy atom. The van der Waals surface area contributed by atoms with Gasteiger partial charge in [-0.25, -0.2) is 0 Å². The van der Waals surface area contributed by atoms with Crippen LogP contribution in [0.15, 0.2) is 17.5 Å². The zero-order chi connectivity index (χ0) is 12.5. The van der Waals surface area contributed by atoms with Crippen LogP contribution in [0.4, 0.5) is 0 Å². The summed E-state index contributed by atoms with van der Waals surface area (Å²) in [4.78, 5) is 1.47. The lowest BCUT2D eigenvalue weighted by atomic mass is 9.91. The van der Waals surface area contributed by atoms with Crippen LogP contribution in [-0.2, 0) is 5.41 Å². The van der Waals surface area contributed by atoms with Gasteiger partial charge in [0.05, 0.1) is 0 Å². The molecule has 0 aromatic carbocycles. The van der Waals surface area contributed by atoms with E-state index in [0.717, 1.165) is 13.1 Å². The molecule has 0 amide bonds. The zero-order valence-corrected chi connectivity index (χ0v) is 12.2. The van der Waals surface area contributed by atoms with Crippen LogP contribution >= 0.6 is 11.3 Å². The molecule has 96 valence electrons. The fraction of sp³-hybridized carbons (Fsp3) is 0.714. The molecular weight excluding hydrogens is 228 g/mol. The summed E-state index contributed by atoms with van der Waals surface area (Å²) in [6, 6.07) is 5.00. The molecule has 1 aromatic rings. The lowest BCUT2D eigenvalue weighted by Crippen LogP contribution is -2.39. The molecule has 2 N–H and O–H groups in total. The number of hydrogen-bond acceptors (Lipinski definition) is 3. The van der Waals surface area contributed by atoms with Gasteiger partial charge in [-0.2, -0.15) is 0 Å². The number of nitrogens with one attached hydrogen (secondary N) is 2. The molecule has 0 radical (unpaired) electrons. The first-order valence-corrected chi connectivity index (χ1v) is 7.29. The first-order valence-electron chi connectivity index (χ1n) is 6.41.